The van der Waals surface area contributed by atoms with Crippen molar-refractivity contribution in [2.24, 2.45) is 0 Å². The van der Waals surface area contributed by atoms with Crippen molar-refractivity contribution in [1.82, 2.24) is 20.1 Å². The summed E-state index contributed by atoms with van der Waals surface area (Å²) in [6, 6.07) is 1.91. The van der Waals surface area contributed by atoms with Gasteiger partial charge >= 0.3 is 0 Å². The Hall–Kier alpha value is -2.18. The van der Waals surface area contributed by atoms with Crippen LogP contribution < -0.4 is 10.6 Å². The third-order valence-corrected chi connectivity index (χ3v) is 2.82. The van der Waals surface area contributed by atoms with Crippen molar-refractivity contribution in [3.05, 3.63) is 24.1 Å². The smallest absolute Gasteiger partial charge is 0.213 e. The fourth-order valence-electron chi connectivity index (χ4n) is 1.75. The molecule has 2 aromatic rings. The fraction of sp³-hybridized carbons (Fsp3) is 0.571. The number of rotatable bonds is 6. The first kappa shape index (κ1) is 15.2. The predicted octanol–water partition coefficient (Wildman–Crippen LogP) is 2.24. The zero-order valence-electron chi connectivity index (χ0n) is 13.0. The zero-order chi connectivity index (χ0) is 15.3. The lowest BCUT2D eigenvalue weighted by atomic mass is 9.96. The van der Waals surface area contributed by atoms with E-state index in [1.165, 1.54) is 6.39 Å². The lowest BCUT2D eigenvalue weighted by Gasteiger charge is -2.19. The van der Waals surface area contributed by atoms with Crippen molar-refractivity contribution in [3.8, 4) is 0 Å². The first-order valence-corrected chi connectivity index (χ1v) is 7.11. The number of aromatic nitrogens is 4. The van der Waals surface area contributed by atoms with E-state index >= 15 is 0 Å². The molecular weight excluding hydrogens is 268 g/mol. The van der Waals surface area contributed by atoms with Crippen LogP contribution in [0.25, 0.3) is 0 Å². The fourth-order valence-corrected chi connectivity index (χ4v) is 1.75. The summed E-state index contributed by atoms with van der Waals surface area (Å²) < 4.78 is 4.71. The normalized spacial score (nSPS) is 11.4. The summed E-state index contributed by atoms with van der Waals surface area (Å²) in [5, 5.41) is 10.3. The van der Waals surface area contributed by atoms with E-state index in [9.17, 15) is 0 Å². The summed E-state index contributed by atoms with van der Waals surface area (Å²) in [5.41, 5.74) is -0.102. The zero-order valence-corrected chi connectivity index (χ0v) is 13.0. The molecule has 2 aromatic heterocycles. The quantitative estimate of drug-likeness (QED) is 0.843. The van der Waals surface area contributed by atoms with E-state index in [1.807, 2.05) is 13.0 Å². The number of hydrogen-bond acceptors (Lipinski definition) is 7. The first-order valence-electron chi connectivity index (χ1n) is 7.11. The Labute approximate surface area is 124 Å². The molecular formula is C14H22N6O. The highest BCUT2D eigenvalue weighted by Crippen LogP contribution is 2.22. The minimum atomic E-state index is -0.102. The van der Waals surface area contributed by atoms with Crippen molar-refractivity contribution < 1.29 is 4.52 Å². The molecule has 0 aliphatic carbocycles. The average molecular weight is 290 g/mol. The van der Waals surface area contributed by atoms with E-state index in [0.717, 1.165) is 24.0 Å². The van der Waals surface area contributed by atoms with Gasteiger partial charge in [-0.05, 0) is 6.92 Å². The molecule has 0 aliphatic heterocycles. The van der Waals surface area contributed by atoms with E-state index < -0.39 is 0 Å². The van der Waals surface area contributed by atoms with Crippen molar-refractivity contribution >= 4 is 11.6 Å². The van der Waals surface area contributed by atoms with Gasteiger partial charge < -0.3 is 15.2 Å². The summed E-state index contributed by atoms with van der Waals surface area (Å²) in [6.45, 7) is 9.85. The molecule has 0 bridgehead atoms. The summed E-state index contributed by atoms with van der Waals surface area (Å²) in [4.78, 5) is 13.1. The van der Waals surface area contributed by atoms with Crippen LogP contribution in [0.4, 0.5) is 11.6 Å². The second-order valence-electron chi connectivity index (χ2n) is 5.77. The molecule has 2 heterocycles. The molecule has 0 saturated heterocycles. The van der Waals surface area contributed by atoms with Crippen LogP contribution in [0.1, 0.15) is 39.3 Å². The molecule has 0 fully saturated rings. The highest BCUT2D eigenvalue weighted by Gasteiger charge is 2.19. The minimum Gasteiger partial charge on any atom is -0.370 e. The maximum Gasteiger partial charge on any atom is 0.213 e. The van der Waals surface area contributed by atoms with Crippen molar-refractivity contribution in [2.75, 3.05) is 23.7 Å². The third-order valence-electron chi connectivity index (χ3n) is 2.82. The molecule has 2 rings (SSSR count). The van der Waals surface area contributed by atoms with Gasteiger partial charge in [0.25, 0.3) is 0 Å². The van der Waals surface area contributed by atoms with E-state index in [4.69, 9.17) is 4.52 Å². The summed E-state index contributed by atoms with van der Waals surface area (Å²) in [6.07, 6.45) is 2.02. The van der Waals surface area contributed by atoms with Crippen molar-refractivity contribution in [3.63, 3.8) is 0 Å². The van der Waals surface area contributed by atoms with Crippen LogP contribution in [-0.4, -0.2) is 33.2 Å². The van der Waals surface area contributed by atoms with Crippen LogP contribution in [0.5, 0.6) is 0 Å². The third kappa shape index (κ3) is 4.40. The van der Waals surface area contributed by atoms with Crippen LogP contribution >= 0.6 is 0 Å². The molecule has 21 heavy (non-hydrogen) atoms. The summed E-state index contributed by atoms with van der Waals surface area (Å²) in [5.74, 6) is 3.12. The minimum absolute atomic E-state index is 0.102. The van der Waals surface area contributed by atoms with Crippen molar-refractivity contribution in [2.45, 2.75) is 39.5 Å². The van der Waals surface area contributed by atoms with Gasteiger partial charge in [0.15, 0.2) is 5.82 Å². The second kappa shape index (κ2) is 6.51. The first-order chi connectivity index (χ1) is 9.99. The van der Waals surface area contributed by atoms with Crippen LogP contribution in [-0.2, 0) is 11.8 Å². The highest BCUT2D eigenvalue weighted by molar-refractivity contribution is 5.48. The number of hydrogen-bond donors (Lipinski definition) is 2. The van der Waals surface area contributed by atoms with Gasteiger partial charge in [-0.1, -0.05) is 25.9 Å². The highest BCUT2D eigenvalue weighted by atomic mass is 16.5. The predicted molar refractivity (Wildman–Crippen MR) is 81.4 cm³/mol. The Morgan fingerprint density at radius 1 is 1.14 bits per heavy atom. The molecule has 0 unspecified atom stereocenters. The molecule has 2 N–H and O–H groups in total. The molecule has 114 valence electrons. The number of anilines is 2. The van der Waals surface area contributed by atoms with Gasteiger partial charge in [-0.15, -0.1) is 0 Å². The SMILES string of the molecule is CCNc1cc(NCCc2ncon2)nc(C(C)(C)C)n1. The van der Waals surface area contributed by atoms with Gasteiger partial charge in [0.2, 0.25) is 6.39 Å². The van der Waals surface area contributed by atoms with Crippen LogP contribution in [0.2, 0.25) is 0 Å². The Balaban J connectivity index is 2.08. The van der Waals surface area contributed by atoms with E-state index in [2.05, 4.69) is 51.5 Å². The lowest BCUT2D eigenvalue weighted by Crippen LogP contribution is -2.19. The molecule has 7 nitrogen and oxygen atoms in total. The average Bonchev–Trinajstić information content (AvgIpc) is 2.91. The summed E-state index contributed by atoms with van der Waals surface area (Å²) in [7, 11) is 0. The largest absolute Gasteiger partial charge is 0.370 e. The van der Waals surface area contributed by atoms with Gasteiger partial charge in [0, 0.05) is 31.0 Å². The van der Waals surface area contributed by atoms with Crippen LogP contribution in [0, 0.1) is 0 Å². The van der Waals surface area contributed by atoms with E-state index in [1.54, 1.807) is 0 Å². The molecule has 0 saturated carbocycles. The molecule has 0 aromatic carbocycles. The van der Waals surface area contributed by atoms with Crippen LogP contribution in [0.3, 0.4) is 0 Å². The van der Waals surface area contributed by atoms with Gasteiger partial charge in [-0.3, -0.25) is 0 Å². The molecule has 0 atom stereocenters. The maximum atomic E-state index is 4.71. The van der Waals surface area contributed by atoms with Gasteiger partial charge in [-0.25, -0.2) is 9.97 Å². The molecule has 0 spiro atoms. The van der Waals surface area contributed by atoms with E-state index in [0.29, 0.717) is 18.8 Å². The topological polar surface area (TPSA) is 88.8 Å². The lowest BCUT2D eigenvalue weighted by molar-refractivity contribution is 0.410. The standard InChI is InChI=1S/C14H22N6O/c1-5-15-11-8-12(19-13(18-11)14(2,3)4)16-7-6-10-17-9-21-20-10/h8-9H,5-7H2,1-4H3,(H2,15,16,18,19). The Morgan fingerprint density at radius 2 is 1.86 bits per heavy atom. The Bertz CT molecular complexity index is 561. The second-order valence-corrected chi connectivity index (χ2v) is 5.77. The molecule has 0 radical (unpaired) electrons. The Morgan fingerprint density at radius 3 is 2.43 bits per heavy atom. The van der Waals surface area contributed by atoms with Crippen molar-refractivity contribution in [1.29, 1.82) is 0 Å². The number of nitrogens with zero attached hydrogens (tertiary/aromatic N) is 4. The van der Waals surface area contributed by atoms with E-state index in [-0.39, 0.29) is 5.41 Å². The number of nitrogens with one attached hydrogen (secondary N) is 2. The van der Waals surface area contributed by atoms with Gasteiger partial charge in [0.05, 0.1) is 0 Å². The monoisotopic (exact) mass is 290 g/mol. The molecule has 7 heteroatoms. The van der Waals surface area contributed by atoms with Crippen LogP contribution in [0.15, 0.2) is 17.0 Å². The Kier molecular flexibility index (Phi) is 4.72. The van der Waals surface area contributed by atoms with Gasteiger partial charge in [0.1, 0.15) is 17.5 Å². The van der Waals surface area contributed by atoms with Gasteiger partial charge in [-0.2, -0.15) is 4.98 Å². The maximum absolute atomic E-state index is 4.71. The summed E-state index contributed by atoms with van der Waals surface area (Å²) >= 11 is 0. The molecule has 0 amide bonds. The molecule has 0 aliphatic rings.